The predicted octanol–water partition coefficient (Wildman–Crippen LogP) is 3.73. The number of rotatable bonds is 3. The van der Waals surface area contributed by atoms with Crippen molar-refractivity contribution in [1.82, 2.24) is 4.98 Å². The highest BCUT2D eigenvalue weighted by atomic mass is 79.9. The Kier molecular flexibility index (Phi) is 4.68. The number of anilines is 2. The number of halogens is 2. The number of pyridine rings is 1. The zero-order valence-corrected chi connectivity index (χ0v) is 14.5. The fourth-order valence-electron chi connectivity index (χ4n) is 2.64. The second-order valence-corrected chi connectivity index (χ2v) is 6.55. The molecule has 1 aromatic carbocycles. The summed E-state index contributed by atoms with van der Waals surface area (Å²) in [5.41, 5.74) is 0.777. The first-order valence-corrected chi connectivity index (χ1v) is 8.27. The molecule has 1 fully saturated rings. The Morgan fingerprint density at radius 3 is 2.43 bits per heavy atom. The zero-order chi connectivity index (χ0) is 16.4. The predicted molar refractivity (Wildman–Crippen MR) is 94.5 cm³/mol. The highest BCUT2D eigenvalue weighted by Gasteiger charge is 2.24. The van der Waals surface area contributed by atoms with Crippen molar-refractivity contribution >= 4 is 44.7 Å². The third-order valence-corrected chi connectivity index (χ3v) is 4.51. The lowest BCUT2D eigenvalue weighted by Crippen LogP contribution is -2.47. The molecule has 23 heavy (non-hydrogen) atoms. The smallest absolute Gasteiger partial charge is 0.293 e. The summed E-state index contributed by atoms with van der Waals surface area (Å²) in [5.74, 6) is 0.874. The highest BCUT2D eigenvalue weighted by molar-refractivity contribution is 9.10. The molecule has 0 aliphatic carbocycles. The van der Waals surface area contributed by atoms with Crippen molar-refractivity contribution in [2.24, 2.45) is 0 Å². The van der Waals surface area contributed by atoms with E-state index in [1.54, 1.807) is 18.3 Å². The van der Waals surface area contributed by atoms with Gasteiger partial charge in [-0.3, -0.25) is 10.1 Å². The van der Waals surface area contributed by atoms with Gasteiger partial charge in [0.25, 0.3) is 5.69 Å². The SMILES string of the molecule is O=[N+]([O-])c1cc(Br)ccc1N1CCN(c2ccc(Cl)cn2)CC1. The Balaban J connectivity index is 1.74. The number of hydrogen-bond donors (Lipinski definition) is 0. The Hall–Kier alpha value is -1.86. The van der Waals surface area contributed by atoms with Crippen molar-refractivity contribution in [1.29, 1.82) is 0 Å². The molecule has 1 saturated heterocycles. The molecule has 1 aromatic heterocycles. The minimum atomic E-state index is -0.340. The van der Waals surface area contributed by atoms with E-state index in [4.69, 9.17) is 11.6 Å². The van der Waals surface area contributed by atoms with Gasteiger partial charge in [0.15, 0.2) is 0 Å². The van der Waals surface area contributed by atoms with Crippen LogP contribution in [-0.4, -0.2) is 36.1 Å². The highest BCUT2D eigenvalue weighted by Crippen LogP contribution is 2.32. The normalized spacial score (nSPS) is 14.9. The molecule has 2 aromatic rings. The van der Waals surface area contributed by atoms with E-state index in [-0.39, 0.29) is 10.6 Å². The number of hydrogen-bond acceptors (Lipinski definition) is 5. The van der Waals surface area contributed by atoms with E-state index < -0.39 is 0 Å². The minimum Gasteiger partial charge on any atom is -0.362 e. The van der Waals surface area contributed by atoms with Gasteiger partial charge in [-0.15, -0.1) is 0 Å². The van der Waals surface area contributed by atoms with Crippen LogP contribution < -0.4 is 9.80 Å². The largest absolute Gasteiger partial charge is 0.362 e. The van der Waals surface area contributed by atoms with Gasteiger partial charge >= 0.3 is 0 Å². The monoisotopic (exact) mass is 396 g/mol. The van der Waals surface area contributed by atoms with E-state index in [0.717, 1.165) is 18.9 Å². The Bertz CT molecular complexity index is 718. The average molecular weight is 398 g/mol. The van der Waals surface area contributed by atoms with E-state index in [0.29, 0.717) is 28.3 Å². The third-order valence-electron chi connectivity index (χ3n) is 3.79. The van der Waals surface area contributed by atoms with Crippen LogP contribution in [0, 0.1) is 10.1 Å². The van der Waals surface area contributed by atoms with Gasteiger partial charge in [0.1, 0.15) is 11.5 Å². The molecule has 3 rings (SSSR count). The summed E-state index contributed by atoms with van der Waals surface area (Å²) in [6.07, 6.45) is 1.63. The van der Waals surface area contributed by atoms with E-state index in [9.17, 15) is 10.1 Å². The number of nitro benzene ring substituents is 1. The summed E-state index contributed by atoms with van der Waals surface area (Å²) in [5, 5.41) is 11.9. The lowest BCUT2D eigenvalue weighted by atomic mass is 10.2. The summed E-state index contributed by atoms with van der Waals surface area (Å²) < 4.78 is 0.706. The number of nitrogens with zero attached hydrogens (tertiary/aromatic N) is 4. The standard InChI is InChI=1S/C15H14BrClN4O2/c16-11-1-3-13(14(9-11)21(22)23)19-5-7-20(8-6-19)15-4-2-12(17)10-18-15/h1-4,9-10H,5-8H2. The molecule has 2 heterocycles. The van der Waals surface area contributed by atoms with Gasteiger partial charge in [0.05, 0.1) is 9.95 Å². The average Bonchev–Trinajstić information content (AvgIpc) is 2.56. The van der Waals surface area contributed by atoms with Crippen molar-refractivity contribution in [2.75, 3.05) is 36.0 Å². The first-order valence-electron chi connectivity index (χ1n) is 7.10. The summed E-state index contributed by atoms with van der Waals surface area (Å²) in [4.78, 5) is 19.4. The van der Waals surface area contributed by atoms with E-state index in [1.807, 2.05) is 23.1 Å². The quantitative estimate of drug-likeness (QED) is 0.583. The van der Waals surface area contributed by atoms with E-state index in [2.05, 4.69) is 25.8 Å². The van der Waals surface area contributed by atoms with Gasteiger partial charge in [0.2, 0.25) is 0 Å². The van der Waals surface area contributed by atoms with Crippen LogP contribution in [0.1, 0.15) is 0 Å². The molecule has 0 N–H and O–H groups in total. The maximum Gasteiger partial charge on any atom is 0.293 e. The molecule has 0 radical (unpaired) electrons. The Labute approximate surface area is 147 Å². The Morgan fingerprint density at radius 2 is 1.83 bits per heavy atom. The summed E-state index contributed by atoms with van der Waals surface area (Å²) in [7, 11) is 0. The maximum atomic E-state index is 11.3. The van der Waals surface area contributed by atoms with Crippen LogP contribution in [0.3, 0.4) is 0 Å². The minimum absolute atomic E-state index is 0.123. The molecule has 0 spiro atoms. The lowest BCUT2D eigenvalue weighted by molar-refractivity contribution is -0.384. The maximum absolute atomic E-state index is 11.3. The van der Waals surface area contributed by atoms with Gasteiger partial charge in [-0.1, -0.05) is 27.5 Å². The Morgan fingerprint density at radius 1 is 1.13 bits per heavy atom. The molecule has 0 bridgehead atoms. The van der Waals surface area contributed by atoms with Crippen LogP contribution in [0.15, 0.2) is 41.0 Å². The molecule has 120 valence electrons. The van der Waals surface area contributed by atoms with Crippen LogP contribution in [0.4, 0.5) is 17.2 Å². The fraction of sp³-hybridized carbons (Fsp3) is 0.267. The number of piperazine rings is 1. The molecule has 0 saturated carbocycles. The number of aromatic nitrogens is 1. The molecule has 0 amide bonds. The van der Waals surface area contributed by atoms with E-state index >= 15 is 0 Å². The van der Waals surface area contributed by atoms with Crippen molar-refractivity contribution in [3.8, 4) is 0 Å². The van der Waals surface area contributed by atoms with Crippen molar-refractivity contribution in [3.05, 3.63) is 56.1 Å². The molecule has 0 unspecified atom stereocenters. The third kappa shape index (κ3) is 3.56. The van der Waals surface area contributed by atoms with Crippen LogP contribution in [-0.2, 0) is 0 Å². The molecular formula is C15H14BrClN4O2. The van der Waals surface area contributed by atoms with Gasteiger partial charge in [-0.25, -0.2) is 4.98 Å². The molecule has 1 aliphatic heterocycles. The van der Waals surface area contributed by atoms with Crippen molar-refractivity contribution < 1.29 is 4.92 Å². The molecule has 6 nitrogen and oxygen atoms in total. The summed E-state index contributed by atoms with van der Waals surface area (Å²) in [6.45, 7) is 2.91. The zero-order valence-electron chi connectivity index (χ0n) is 12.2. The van der Waals surface area contributed by atoms with Crippen molar-refractivity contribution in [2.45, 2.75) is 0 Å². The molecular weight excluding hydrogens is 384 g/mol. The van der Waals surface area contributed by atoms with Gasteiger partial charge in [-0.05, 0) is 24.3 Å². The van der Waals surface area contributed by atoms with Crippen LogP contribution in [0.2, 0.25) is 5.02 Å². The molecule has 0 atom stereocenters. The second-order valence-electron chi connectivity index (χ2n) is 5.20. The molecule has 8 heteroatoms. The first-order chi connectivity index (χ1) is 11.0. The topological polar surface area (TPSA) is 62.5 Å². The van der Waals surface area contributed by atoms with Crippen molar-refractivity contribution in [3.63, 3.8) is 0 Å². The van der Waals surface area contributed by atoms with Crippen LogP contribution in [0.25, 0.3) is 0 Å². The van der Waals surface area contributed by atoms with Crippen LogP contribution in [0.5, 0.6) is 0 Å². The molecule has 1 aliphatic rings. The van der Waals surface area contributed by atoms with Crippen LogP contribution >= 0.6 is 27.5 Å². The number of benzene rings is 1. The lowest BCUT2D eigenvalue weighted by Gasteiger charge is -2.36. The van der Waals surface area contributed by atoms with Gasteiger partial charge < -0.3 is 9.80 Å². The second kappa shape index (κ2) is 6.72. The first kappa shape index (κ1) is 16.0. The van der Waals surface area contributed by atoms with E-state index in [1.165, 1.54) is 0 Å². The summed E-state index contributed by atoms with van der Waals surface area (Å²) >= 11 is 9.14. The van der Waals surface area contributed by atoms with Gasteiger partial charge in [-0.2, -0.15) is 0 Å². The number of nitro groups is 1. The van der Waals surface area contributed by atoms with Gasteiger partial charge in [0, 0.05) is 42.9 Å². The fourth-order valence-corrected chi connectivity index (χ4v) is 3.10. The summed E-state index contributed by atoms with van der Waals surface area (Å²) in [6, 6.07) is 8.87.